The van der Waals surface area contributed by atoms with E-state index in [0.717, 1.165) is 0 Å². The number of carbonyl (C=O) groups excluding carboxylic acids is 1. The van der Waals surface area contributed by atoms with Gasteiger partial charge in [-0.05, 0) is 18.0 Å². The van der Waals surface area contributed by atoms with Crippen molar-refractivity contribution >= 4 is 17.0 Å². The average Bonchev–Trinajstić information content (AvgIpc) is 2.30. The Morgan fingerprint density at radius 3 is 2.29 bits per heavy atom. The number of hydrogen-bond acceptors (Lipinski definition) is 5. The van der Waals surface area contributed by atoms with Crippen LogP contribution in [0.5, 0.6) is 0 Å². The number of carboxylic acids is 1. The summed E-state index contributed by atoms with van der Waals surface area (Å²) in [5, 5.41) is 15.8. The third-order valence-corrected chi connectivity index (χ3v) is 2.08. The molecule has 66 valence electrons. The molecule has 0 spiro atoms. The zero-order valence-corrected chi connectivity index (χ0v) is 12.8. The first-order valence-electron chi connectivity index (χ1n) is 2.89. The molecule has 0 radical (unpaired) electrons. The Kier molecular flexibility index (Phi) is 8.75. The van der Waals surface area contributed by atoms with Gasteiger partial charge in [0.05, 0.1) is 10.9 Å². The van der Waals surface area contributed by atoms with Crippen LogP contribution in [-0.2, 0) is 11.1 Å². The number of hydrogen-bond donors (Lipinski definition) is 1. The number of aromatic carboxylic acids is 1. The van der Waals surface area contributed by atoms with E-state index in [1.165, 1.54) is 6.92 Å². The second-order valence-electron chi connectivity index (χ2n) is 2.05. The van der Waals surface area contributed by atoms with Crippen LogP contribution in [0.2, 0.25) is 0 Å². The van der Waals surface area contributed by atoms with Crippen molar-refractivity contribution in [1.29, 1.82) is 0 Å². The van der Waals surface area contributed by atoms with Crippen LogP contribution in [0.15, 0.2) is 4.90 Å². The van der Waals surface area contributed by atoms with Crippen LogP contribution >= 0.6 is 0 Å². The van der Waals surface area contributed by atoms with Crippen LogP contribution < -0.4 is 64.2 Å². The Morgan fingerprint density at radius 1 is 1.50 bits per heavy atom. The van der Waals surface area contributed by atoms with Gasteiger partial charge in [0.15, 0.2) is 0 Å². The Hall–Kier alpha value is 0.790. The van der Waals surface area contributed by atoms with E-state index in [0.29, 0.717) is 0 Å². The number of aromatic nitrogens is 2. The smallest absolute Gasteiger partial charge is 0.768 e. The Morgan fingerprint density at radius 2 is 2.00 bits per heavy atom. The van der Waals surface area contributed by atoms with Crippen LogP contribution in [0.3, 0.4) is 0 Å². The molecule has 0 aromatic carbocycles. The number of nitrogens with zero attached hydrogens (tertiary/aromatic N) is 1. The summed E-state index contributed by atoms with van der Waals surface area (Å²) in [6, 6.07) is 0. The summed E-state index contributed by atoms with van der Waals surface area (Å²) in [5.41, 5.74) is -0.400. The van der Waals surface area contributed by atoms with E-state index in [1.807, 2.05) is 0 Å². The van der Waals surface area contributed by atoms with E-state index in [1.54, 1.807) is 0 Å². The maximum Gasteiger partial charge on any atom is 1.00 e. The molecule has 1 rings (SSSR count). The van der Waals surface area contributed by atoms with Gasteiger partial charge in [0, 0.05) is 5.69 Å². The first-order valence-corrected chi connectivity index (χ1v) is 3.97. The van der Waals surface area contributed by atoms with Crippen molar-refractivity contribution in [2.24, 2.45) is 0 Å². The fraction of sp³-hybridized carbons (Fsp3) is 0.200. The largest absolute Gasteiger partial charge is 1.00 e. The number of aryl methyl sites for hydroxylation is 1. The maximum atomic E-state index is 10.5. The topological polar surface area (TPSA) is 109 Å². The van der Waals surface area contributed by atoms with E-state index in [2.05, 4.69) is 10.2 Å². The van der Waals surface area contributed by atoms with Gasteiger partial charge < -0.3 is 14.5 Å². The van der Waals surface area contributed by atoms with Gasteiger partial charge in [-0.3, -0.25) is 9.31 Å². The molecule has 0 aliphatic carbocycles. The van der Waals surface area contributed by atoms with E-state index < -0.39 is 22.7 Å². The maximum absolute atomic E-state index is 10.5. The van der Waals surface area contributed by atoms with E-state index in [4.69, 9.17) is 0 Å². The number of H-pyrrole nitrogens is 1. The first-order chi connectivity index (χ1) is 5.54. The molecule has 0 fully saturated rings. The molecule has 1 N–H and O–H groups in total. The molecule has 6 nitrogen and oxygen atoms in total. The monoisotopic (exact) mass is 234 g/mol. The van der Waals surface area contributed by atoms with Crippen molar-refractivity contribution in [3.63, 3.8) is 0 Å². The molecule has 1 heterocycles. The molecule has 1 aromatic heterocycles. The van der Waals surface area contributed by atoms with E-state index >= 15 is 0 Å². The van der Waals surface area contributed by atoms with Crippen molar-refractivity contribution in [1.82, 2.24) is 10.2 Å². The van der Waals surface area contributed by atoms with Gasteiger partial charge in [-0.2, -0.15) is 5.10 Å². The summed E-state index contributed by atoms with van der Waals surface area (Å²) in [6.07, 6.45) is 0. The minimum atomic E-state index is -2.61. The summed E-state index contributed by atoms with van der Waals surface area (Å²) < 4.78 is 20.9. The summed E-state index contributed by atoms with van der Waals surface area (Å²) in [7, 11) is 0. The number of carboxylic acid groups (broad SMARTS) is 1. The fourth-order valence-corrected chi connectivity index (χ4v) is 1.34. The fourth-order valence-electron chi connectivity index (χ4n) is 0.761. The summed E-state index contributed by atoms with van der Waals surface area (Å²) in [4.78, 5) is 9.92. The molecule has 0 amide bonds. The quantitative estimate of drug-likeness (QED) is 0.404. The Balaban J connectivity index is 0. The van der Waals surface area contributed by atoms with Crippen LogP contribution in [0, 0.1) is 6.92 Å². The van der Waals surface area contributed by atoms with Crippen molar-refractivity contribution in [2.45, 2.75) is 11.8 Å². The molecule has 14 heavy (non-hydrogen) atoms. The summed E-state index contributed by atoms with van der Waals surface area (Å²) in [6.45, 7) is 1.41. The van der Waals surface area contributed by atoms with Gasteiger partial charge in [0.25, 0.3) is 0 Å². The number of rotatable bonds is 2. The second-order valence-corrected chi connectivity index (χ2v) is 2.93. The molecule has 1 atom stereocenters. The van der Waals surface area contributed by atoms with E-state index in [-0.39, 0.29) is 69.7 Å². The predicted molar refractivity (Wildman–Crippen MR) is 34.8 cm³/mol. The zero-order chi connectivity index (χ0) is 9.30. The third-order valence-electron chi connectivity index (χ3n) is 1.25. The Labute approximate surface area is 127 Å². The zero-order valence-electron chi connectivity index (χ0n) is 7.99. The number of aromatic amines is 1. The van der Waals surface area contributed by atoms with Gasteiger partial charge in [-0.15, -0.1) is 0 Å². The van der Waals surface area contributed by atoms with Gasteiger partial charge in [0.1, 0.15) is 5.69 Å². The molecule has 0 aliphatic rings. The molecule has 0 saturated carbocycles. The predicted octanol–water partition coefficient (Wildman–Crippen LogP) is -7.67. The first kappa shape index (κ1) is 17.2. The Bertz CT molecular complexity index is 354. The standard InChI is InChI=1S/C5H6N2O4S.2Na/c1-2-4(12(10)11)3(5(8)9)7-6-2;;/h1H3,(H,6,7)(H,8,9)(H,10,11);;/q;2*+1/p-2. The molecule has 0 saturated heterocycles. The SMILES string of the molecule is Cc1[nH]nc(C(=O)[O-])c1S(=O)[O-].[Na+].[Na+]. The molecule has 1 unspecified atom stereocenters. The van der Waals surface area contributed by atoms with Crippen molar-refractivity contribution in [3.05, 3.63) is 11.4 Å². The molecular formula is C5H4N2Na2O4S. The van der Waals surface area contributed by atoms with Crippen LogP contribution in [0.25, 0.3) is 0 Å². The molecule has 0 bridgehead atoms. The van der Waals surface area contributed by atoms with Crippen molar-refractivity contribution in [2.75, 3.05) is 0 Å². The number of carbonyl (C=O) groups is 1. The van der Waals surface area contributed by atoms with Crippen LogP contribution in [0.1, 0.15) is 16.2 Å². The average molecular weight is 234 g/mol. The van der Waals surface area contributed by atoms with E-state index in [9.17, 15) is 18.7 Å². The van der Waals surface area contributed by atoms with Crippen LogP contribution in [-0.4, -0.2) is 24.9 Å². The molecule has 9 heteroatoms. The van der Waals surface area contributed by atoms with Gasteiger partial charge in [-0.1, -0.05) is 0 Å². The summed E-state index contributed by atoms with van der Waals surface area (Å²) in [5.74, 6) is -1.61. The van der Waals surface area contributed by atoms with Crippen LogP contribution in [0.4, 0.5) is 0 Å². The summed E-state index contributed by atoms with van der Waals surface area (Å²) >= 11 is -2.61. The second kappa shape index (κ2) is 7.13. The third kappa shape index (κ3) is 3.74. The minimum absolute atomic E-state index is 0. The minimum Gasteiger partial charge on any atom is -0.768 e. The van der Waals surface area contributed by atoms with Gasteiger partial charge in [0.2, 0.25) is 0 Å². The molecular weight excluding hydrogens is 230 g/mol. The molecule has 0 aliphatic heterocycles. The normalized spacial score (nSPS) is 11.0. The van der Waals surface area contributed by atoms with Gasteiger partial charge in [-0.25, -0.2) is 0 Å². The van der Waals surface area contributed by atoms with Crippen molar-refractivity contribution < 1.29 is 77.8 Å². The molecule has 1 aromatic rings. The van der Waals surface area contributed by atoms with Gasteiger partial charge >= 0.3 is 59.1 Å². The van der Waals surface area contributed by atoms with Crippen molar-refractivity contribution in [3.8, 4) is 0 Å². The number of nitrogens with one attached hydrogen (secondary N) is 1.